The first kappa shape index (κ1) is 11.6. The van der Waals surface area contributed by atoms with Crippen LogP contribution in [0, 0.1) is 0 Å². The highest BCUT2D eigenvalue weighted by Crippen LogP contribution is 2.18. The molecule has 1 unspecified atom stereocenters. The van der Waals surface area contributed by atoms with Crippen LogP contribution in [0.2, 0.25) is 0 Å². The van der Waals surface area contributed by atoms with Crippen molar-refractivity contribution in [2.24, 2.45) is 0 Å². The molecule has 1 atom stereocenters. The van der Waals surface area contributed by atoms with Crippen LogP contribution in [-0.4, -0.2) is 46.0 Å². The number of carbonyl (C=O) groups excluding carboxylic acids is 3. The summed E-state index contributed by atoms with van der Waals surface area (Å²) in [5, 5.41) is 10.8. The van der Waals surface area contributed by atoms with Gasteiger partial charge in [-0.25, -0.2) is 0 Å². The van der Waals surface area contributed by atoms with Gasteiger partial charge in [-0.1, -0.05) is 0 Å². The summed E-state index contributed by atoms with van der Waals surface area (Å²) < 4.78 is 0. The Bertz CT molecular complexity index is 357. The molecule has 0 bridgehead atoms. The zero-order chi connectivity index (χ0) is 12.4. The molecule has 2 heterocycles. The third kappa shape index (κ3) is 2.47. The second-order valence-corrected chi connectivity index (χ2v) is 3.77. The number of aliphatic hydroxyl groups excluding tert-OH is 1. The molecular formula is C9H12N2O6. The summed E-state index contributed by atoms with van der Waals surface area (Å²) in [5.41, 5.74) is 0. The van der Waals surface area contributed by atoms with E-state index >= 15 is 0 Å². The van der Waals surface area contributed by atoms with Crippen molar-refractivity contribution in [3.8, 4) is 0 Å². The van der Waals surface area contributed by atoms with Crippen LogP contribution in [0.4, 0.5) is 4.79 Å². The third-order valence-corrected chi connectivity index (χ3v) is 2.52. The first-order valence-corrected chi connectivity index (χ1v) is 5.28. The smallest absolute Gasteiger partial charge is 0.370 e. The molecule has 2 aliphatic heterocycles. The fourth-order valence-corrected chi connectivity index (χ4v) is 1.66. The van der Waals surface area contributed by atoms with E-state index in [1.807, 2.05) is 0 Å². The van der Waals surface area contributed by atoms with E-state index in [0.717, 1.165) is 5.06 Å². The van der Waals surface area contributed by atoms with Crippen molar-refractivity contribution in [2.45, 2.75) is 31.9 Å². The Morgan fingerprint density at radius 2 is 2.00 bits per heavy atom. The first-order valence-electron chi connectivity index (χ1n) is 5.28. The Morgan fingerprint density at radius 1 is 1.24 bits per heavy atom. The molecule has 2 fully saturated rings. The second-order valence-electron chi connectivity index (χ2n) is 3.77. The Morgan fingerprint density at radius 3 is 2.53 bits per heavy atom. The predicted octanol–water partition coefficient (Wildman–Crippen LogP) is -0.467. The topological polar surface area (TPSA) is 96.4 Å². The minimum absolute atomic E-state index is 0.108. The van der Waals surface area contributed by atoms with Crippen LogP contribution in [0.5, 0.6) is 0 Å². The number of aliphatic hydroxyl groups is 1. The maximum atomic E-state index is 11.2. The minimum Gasteiger partial charge on any atom is -0.370 e. The lowest BCUT2D eigenvalue weighted by molar-refractivity contribution is -0.218. The third-order valence-electron chi connectivity index (χ3n) is 2.52. The fraction of sp³-hybridized carbons (Fsp3) is 0.667. The summed E-state index contributed by atoms with van der Waals surface area (Å²) in [6, 6.07) is 0. The molecule has 0 radical (unpaired) electrons. The maximum Gasteiger partial charge on any atom is 0.559 e. The Balaban J connectivity index is 1.84. The second kappa shape index (κ2) is 4.58. The Labute approximate surface area is 96.6 Å². The molecule has 17 heavy (non-hydrogen) atoms. The zero-order valence-electron chi connectivity index (χ0n) is 9.00. The molecule has 2 rings (SSSR count). The molecule has 2 amide bonds. The van der Waals surface area contributed by atoms with Crippen LogP contribution < -0.4 is 0 Å². The van der Waals surface area contributed by atoms with Crippen molar-refractivity contribution in [3.05, 3.63) is 0 Å². The van der Waals surface area contributed by atoms with Crippen LogP contribution in [0.1, 0.15) is 25.7 Å². The van der Waals surface area contributed by atoms with Gasteiger partial charge in [0.1, 0.15) is 0 Å². The van der Waals surface area contributed by atoms with Crippen LogP contribution in [0.15, 0.2) is 0 Å². The van der Waals surface area contributed by atoms with Crippen molar-refractivity contribution in [1.29, 1.82) is 0 Å². The molecular weight excluding hydrogens is 232 g/mol. The molecule has 2 saturated heterocycles. The lowest BCUT2D eigenvalue weighted by atomic mass is 10.4. The van der Waals surface area contributed by atoms with Gasteiger partial charge in [0.2, 0.25) is 0 Å². The van der Waals surface area contributed by atoms with Crippen molar-refractivity contribution in [3.63, 3.8) is 0 Å². The Hall–Kier alpha value is -1.83. The monoisotopic (exact) mass is 244 g/mol. The molecule has 0 aromatic rings. The number of hydrogen-bond donors (Lipinski definition) is 1. The van der Waals surface area contributed by atoms with Gasteiger partial charge < -0.3 is 9.94 Å². The van der Waals surface area contributed by atoms with Crippen molar-refractivity contribution >= 4 is 18.0 Å². The SMILES string of the molecule is O=C(ON1CCCC1=O)ON1C(=O)CCC1O. The van der Waals surface area contributed by atoms with Crippen LogP contribution in [0.25, 0.3) is 0 Å². The average molecular weight is 244 g/mol. The van der Waals surface area contributed by atoms with Crippen LogP contribution >= 0.6 is 0 Å². The van der Waals surface area contributed by atoms with Gasteiger partial charge >= 0.3 is 6.16 Å². The van der Waals surface area contributed by atoms with Gasteiger partial charge in [-0.15, -0.1) is 5.06 Å². The highest BCUT2D eigenvalue weighted by atomic mass is 16.9. The van der Waals surface area contributed by atoms with E-state index < -0.39 is 18.3 Å². The molecule has 0 saturated carbocycles. The Kier molecular flexibility index (Phi) is 3.14. The molecule has 0 aliphatic carbocycles. The quantitative estimate of drug-likeness (QED) is 0.705. The molecule has 8 heteroatoms. The number of hydroxylamine groups is 4. The number of carbonyl (C=O) groups is 3. The van der Waals surface area contributed by atoms with E-state index in [1.54, 1.807) is 0 Å². The predicted molar refractivity (Wildman–Crippen MR) is 50.6 cm³/mol. The average Bonchev–Trinajstić information content (AvgIpc) is 2.80. The molecule has 0 aromatic heterocycles. The van der Waals surface area contributed by atoms with Crippen molar-refractivity contribution in [1.82, 2.24) is 10.1 Å². The lowest BCUT2D eigenvalue weighted by Crippen LogP contribution is -2.38. The minimum atomic E-state index is -1.20. The van der Waals surface area contributed by atoms with E-state index in [0.29, 0.717) is 24.4 Å². The molecule has 94 valence electrons. The van der Waals surface area contributed by atoms with E-state index in [2.05, 4.69) is 9.68 Å². The standard InChI is InChI=1S/C9H12N2O6/c12-6-2-1-5-10(6)16-9(15)17-11-7(13)3-4-8(11)14/h7,13H,1-5H2. The summed E-state index contributed by atoms with van der Waals surface area (Å²) in [6.07, 6.45) is -1.11. The summed E-state index contributed by atoms with van der Waals surface area (Å²) in [6.45, 7) is 0.310. The van der Waals surface area contributed by atoms with Gasteiger partial charge in [0.05, 0.1) is 6.54 Å². The largest absolute Gasteiger partial charge is 0.559 e. The fourth-order valence-electron chi connectivity index (χ4n) is 1.66. The highest BCUT2D eigenvalue weighted by Gasteiger charge is 2.35. The van der Waals surface area contributed by atoms with Gasteiger partial charge in [-0.3, -0.25) is 14.4 Å². The number of rotatable bonds is 2. The summed E-state index contributed by atoms with van der Waals surface area (Å²) in [7, 11) is 0. The van der Waals surface area contributed by atoms with Gasteiger partial charge in [0.15, 0.2) is 6.23 Å². The highest BCUT2D eigenvalue weighted by molar-refractivity contribution is 5.80. The van der Waals surface area contributed by atoms with Gasteiger partial charge in [0.25, 0.3) is 11.8 Å². The van der Waals surface area contributed by atoms with E-state index in [4.69, 9.17) is 0 Å². The molecule has 8 nitrogen and oxygen atoms in total. The van der Waals surface area contributed by atoms with Gasteiger partial charge in [0, 0.05) is 19.3 Å². The maximum absolute atomic E-state index is 11.2. The van der Waals surface area contributed by atoms with Gasteiger partial charge in [-0.2, -0.15) is 9.86 Å². The number of nitrogens with zero attached hydrogens (tertiary/aromatic N) is 2. The van der Waals surface area contributed by atoms with Crippen LogP contribution in [-0.2, 0) is 19.3 Å². The lowest BCUT2D eigenvalue weighted by Gasteiger charge is -2.20. The van der Waals surface area contributed by atoms with E-state index in [-0.39, 0.29) is 18.7 Å². The molecule has 1 N–H and O–H groups in total. The van der Waals surface area contributed by atoms with Crippen molar-refractivity contribution < 1.29 is 29.2 Å². The summed E-state index contributed by atoms with van der Waals surface area (Å²) in [4.78, 5) is 42.7. The van der Waals surface area contributed by atoms with E-state index in [1.165, 1.54) is 0 Å². The molecule has 0 spiro atoms. The number of amides is 2. The first-order chi connectivity index (χ1) is 8.08. The molecule has 2 aliphatic rings. The van der Waals surface area contributed by atoms with E-state index in [9.17, 15) is 19.5 Å². The zero-order valence-corrected chi connectivity index (χ0v) is 9.00. The number of hydrogen-bond acceptors (Lipinski definition) is 6. The summed E-state index contributed by atoms with van der Waals surface area (Å²) >= 11 is 0. The van der Waals surface area contributed by atoms with Crippen molar-refractivity contribution in [2.75, 3.05) is 6.54 Å². The normalized spacial score (nSPS) is 24.4. The molecule has 0 aromatic carbocycles. The van der Waals surface area contributed by atoms with Gasteiger partial charge in [-0.05, 0) is 6.42 Å². The van der Waals surface area contributed by atoms with Crippen LogP contribution in [0.3, 0.4) is 0 Å². The summed E-state index contributed by atoms with van der Waals surface area (Å²) in [5.74, 6) is -0.808.